The topological polar surface area (TPSA) is 97.8 Å². The van der Waals surface area contributed by atoms with Crippen molar-refractivity contribution < 1.29 is 0 Å². The van der Waals surface area contributed by atoms with Gasteiger partial charge in [-0.3, -0.25) is 4.98 Å². The van der Waals surface area contributed by atoms with Crippen molar-refractivity contribution in [2.24, 2.45) is 11.7 Å². The molecule has 8 nitrogen and oxygen atoms in total. The van der Waals surface area contributed by atoms with E-state index in [4.69, 9.17) is 10.7 Å². The van der Waals surface area contributed by atoms with Gasteiger partial charge in [0.15, 0.2) is 0 Å². The average Bonchev–Trinajstić information content (AvgIpc) is 3.50. The van der Waals surface area contributed by atoms with Gasteiger partial charge in [-0.25, -0.2) is 9.97 Å². The summed E-state index contributed by atoms with van der Waals surface area (Å²) in [5.41, 5.74) is 9.10. The molecule has 1 aliphatic carbocycles. The zero-order valence-electron chi connectivity index (χ0n) is 18.8. The third-order valence-corrected chi connectivity index (χ3v) is 7.34. The molecular weight excluding hydrogens is 412 g/mol. The highest BCUT2D eigenvalue weighted by molar-refractivity contribution is 6.06. The molecule has 2 aliphatic rings. The zero-order chi connectivity index (χ0) is 22.2. The number of fused-ring (bicyclic) bond motifs is 3. The minimum atomic E-state index is 0.470. The molecule has 1 saturated carbocycles. The Morgan fingerprint density at radius 1 is 0.939 bits per heavy atom. The first-order chi connectivity index (χ1) is 16.3. The molecule has 0 bridgehead atoms. The van der Waals surface area contributed by atoms with Crippen LogP contribution in [0.5, 0.6) is 0 Å². The van der Waals surface area contributed by atoms with Gasteiger partial charge in [-0.05, 0) is 56.3 Å². The highest BCUT2D eigenvalue weighted by Crippen LogP contribution is 2.37. The lowest BCUT2D eigenvalue weighted by Crippen LogP contribution is -2.36. The molecule has 0 unspecified atom stereocenters. The van der Waals surface area contributed by atoms with E-state index in [2.05, 4.69) is 41.9 Å². The molecule has 1 saturated heterocycles. The van der Waals surface area contributed by atoms with Gasteiger partial charge in [-0.1, -0.05) is 12.8 Å². The van der Waals surface area contributed by atoms with Gasteiger partial charge in [0.25, 0.3) is 0 Å². The minimum absolute atomic E-state index is 0.470. The van der Waals surface area contributed by atoms with Crippen molar-refractivity contribution in [2.45, 2.75) is 44.6 Å². The van der Waals surface area contributed by atoms with Crippen LogP contribution in [0.25, 0.3) is 21.9 Å². The normalized spacial score (nSPS) is 17.9. The Kier molecular flexibility index (Phi) is 5.30. The van der Waals surface area contributed by atoms with Gasteiger partial charge in [-0.2, -0.15) is 4.98 Å². The first-order valence-corrected chi connectivity index (χ1v) is 12.1. The van der Waals surface area contributed by atoms with Gasteiger partial charge in [0.05, 0.1) is 23.6 Å². The SMILES string of the molecule is NCC1CCN(c2ccc(Nc3ncc4c5ccncc5n(C5CCCC5)c4n3)nc2)CC1. The highest BCUT2D eigenvalue weighted by Gasteiger charge is 2.23. The lowest BCUT2D eigenvalue weighted by atomic mass is 9.97. The maximum Gasteiger partial charge on any atom is 0.230 e. The Bertz CT molecular complexity index is 1250. The lowest BCUT2D eigenvalue weighted by molar-refractivity contribution is 0.414. The fraction of sp³-hybridized carbons (Fsp3) is 0.440. The van der Waals surface area contributed by atoms with Gasteiger partial charge in [0.2, 0.25) is 5.95 Å². The molecule has 33 heavy (non-hydrogen) atoms. The smallest absolute Gasteiger partial charge is 0.230 e. The summed E-state index contributed by atoms with van der Waals surface area (Å²) in [6.45, 7) is 2.86. The molecule has 2 fully saturated rings. The lowest BCUT2D eigenvalue weighted by Gasteiger charge is -2.32. The molecule has 0 radical (unpaired) electrons. The van der Waals surface area contributed by atoms with Crippen molar-refractivity contribution in [3.63, 3.8) is 0 Å². The Morgan fingerprint density at radius 2 is 1.79 bits per heavy atom. The Balaban J connectivity index is 1.27. The summed E-state index contributed by atoms with van der Waals surface area (Å²) < 4.78 is 2.37. The van der Waals surface area contributed by atoms with Gasteiger partial charge >= 0.3 is 0 Å². The predicted octanol–water partition coefficient (Wildman–Crippen LogP) is 4.41. The molecule has 4 aromatic rings. The van der Waals surface area contributed by atoms with Crippen LogP contribution in [0.4, 0.5) is 17.5 Å². The number of anilines is 3. The molecule has 6 rings (SSSR count). The van der Waals surface area contributed by atoms with Crippen molar-refractivity contribution in [1.29, 1.82) is 0 Å². The number of piperidine rings is 1. The quantitative estimate of drug-likeness (QED) is 0.472. The minimum Gasteiger partial charge on any atom is -0.370 e. The number of pyridine rings is 2. The molecule has 0 spiro atoms. The maximum atomic E-state index is 5.83. The molecule has 3 N–H and O–H groups in total. The summed E-state index contributed by atoms with van der Waals surface area (Å²) in [6.07, 6.45) is 14.9. The highest BCUT2D eigenvalue weighted by atomic mass is 15.2. The average molecular weight is 443 g/mol. The molecule has 8 heteroatoms. The van der Waals surface area contributed by atoms with E-state index in [-0.39, 0.29) is 0 Å². The number of hydrogen-bond acceptors (Lipinski definition) is 7. The second-order valence-electron chi connectivity index (χ2n) is 9.32. The van der Waals surface area contributed by atoms with Crippen molar-refractivity contribution in [2.75, 3.05) is 29.9 Å². The molecule has 0 amide bonds. The standard InChI is InChI=1S/C25H30N8/c26-13-17-8-11-32(12-9-17)19-5-6-23(28-14-19)30-25-29-15-21-20-7-10-27-16-22(20)33(24(21)31-25)18-3-1-2-4-18/h5-7,10,14-18H,1-4,8-9,11-13,26H2,(H,28,29,30,31). The molecule has 170 valence electrons. The Morgan fingerprint density at radius 3 is 2.55 bits per heavy atom. The van der Waals surface area contributed by atoms with Crippen LogP contribution in [0.2, 0.25) is 0 Å². The van der Waals surface area contributed by atoms with Gasteiger partial charge in [0, 0.05) is 42.3 Å². The van der Waals surface area contributed by atoms with Crippen LogP contribution in [0.15, 0.2) is 43.0 Å². The number of nitrogens with two attached hydrogens (primary N) is 1. The van der Waals surface area contributed by atoms with Gasteiger partial charge < -0.3 is 20.5 Å². The molecule has 0 atom stereocenters. The fourth-order valence-corrected chi connectivity index (χ4v) is 5.45. The van der Waals surface area contributed by atoms with E-state index >= 15 is 0 Å². The fourth-order valence-electron chi connectivity index (χ4n) is 5.45. The van der Waals surface area contributed by atoms with E-state index in [0.717, 1.165) is 60.5 Å². The van der Waals surface area contributed by atoms with Crippen LogP contribution >= 0.6 is 0 Å². The summed E-state index contributed by atoms with van der Waals surface area (Å²) >= 11 is 0. The van der Waals surface area contributed by atoms with E-state index in [0.29, 0.717) is 17.9 Å². The number of aromatic nitrogens is 5. The number of nitrogens with one attached hydrogen (secondary N) is 1. The van der Waals surface area contributed by atoms with E-state index in [1.54, 1.807) is 0 Å². The van der Waals surface area contributed by atoms with Crippen LogP contribution in [-0.4, -0.2) is 44.1 Å². The van der Waals surface area contributed by atoms with Crippen molar-refractivity contribution in [1.82, 2.24) is 24.5 Å². The number of nitrogens with zero attached hydrogens (tertiary/aromatic N) is 6. The second kappa shape index (κ2) is 8.59. The first kappa shape index (κ1) is 20.4. The Labute approximate surface area is 193 Å². The Hall–Kier alpha value is -3.26. The van der Waals surface area contributed by atoms with Crippen molar-refractivity contribution >= 4 is 39.4 Å². The van der Waals surface area contributed by atoms with Gasteiger partial charge in [-0.15, -0.1) is 0 Å². The summed E-state index contributed by atoms with van der Waals surface area (Å²) in [4.78, 5) is 20.9. The largest absolute Gasteiger partial charge is 0.370 e. The predicted molar refractivity (Wildman–Crippen MR) is 132 cm³/mol. The first-order valence-electron chi connectivity index (χ1n) is 12.1. The van der Waals surface area contributed by atoms with Crippen molar-refractivity contribution in [3.05, 3.63) is 43.0 Å². The van der Waals surface area contributed by atoms with Gasteiger partial charge in [0.1, 0.15) is 11.5 Å². The summed E-state index contributed by atoms with van der Waals surface area (Å²) in [6, 6.07) is 6.67. The van der Waals surface area contributed by atoms with E-state index in [1.807, 2.05) is 30.9 Å². The monoisotopic (exact) mass is 442 g/mol. The zero-order valence-corrected chi connectivity index (χ0v) is 18.8. The summed E-state index contributed by atoms with van der Waals surface area (Å²) in [5.74, 6) is 1.97. The summed E-state index contributed by atoms with van der Waals surface area (Å²) in [5, 5.41) is 5.55. The van der Waals surface area contributed by atoms with Crippen molar-refractivity contribution in [3.8, 4) is 0 Å². The van der Waals surface area contributed by atoms with Crippen LogP contribution in [0, 0.1) is 5.92 Å². The third-order valence-electron chi connectivity index (χ3n) is 7.34. The molecule has 4 aromatic heterocycles. The van der Waals surface area contributed by atoms with Crippen LogP contribution < -0.4 is 16.0 Å². The third kappa shape index (κ3) is 3.78. The number of rotatable bonds is 5. The van der Waals surface area contributed by atoms with Crippen LogP contribution in [0.1, 0.15) is 44.6 Å². The van der Waals surface area contributed by atoms with E-state index < -0.39 is 0 Å². The number of hydrogen-bond donors (Lipinski definition) is 2. The van der Waals surface area contributed by atoms with Crippen LogP contribution in [0.3, 0.4) is 0 Å². The maximum absolute atomic E-state index is 5.83. The second-order valence-corrected chi connectivity index (χ2v) is 9.32. The summed E-state index contributed by atoms with van der Waals surface area (Å²) in [7, 11) is 0. The van der Waals surface area contributed by atoms with Crippen LogP contribution in [-0.2, 0) is 0 Å². The molecule has 1 aliphatic heterocycles. The molecular formula is C25H30N8. The molecule has 0 aromatic carbocycles. The molecule has 5 heterocycles. The van der Waals surface area contributed by atoms with E-state index in [1.165, 1.54) is 31.1 Å². The van der Waals surface area contributed by atoms with E-state index in [9.17, 15) is 0 Å².